The molecule has 26 heavy (non-hydrogen) atoms. The van der Waals surface area contributed by atoms with Gasteiger partial charge in [0.05, 0.1) is 31.9 Å². The number of nitrogens with one attached hydrogen (secondary N) is 2. The predicted molar refractivity (Wildman–Crippen MR) is 95.4 cm³/mol. The maximum absolute atomic E-state index is 12.4. The van der Waals surface area contributed by atoms with E-state index in [9.17, 15) is 14.7 Å². The van der Waals surface area contributed by atoms with Crippen LogP contribution in [-0.2, 0) is 9.59 Å². The van der Waals surface area contributed by atoms with Crippen LogP contribution in [0.2, 0.25) is 0 Å². The first kappa shape index (κ1) is 18.5. The number of amides is 2. The van der Waals surface area contributed by atoms with E-state index in [2.05, 4.69) is 10.6 Å². The molecule has 8 heteroatoms. The van der Waals surface area contributed by atoms with Gasteiger partial charge >= 0.3 is 0 Å². The lowest BCUT2D eigenvalue weighted by molar-refractivity contribution is -0.126. The first-order chi connectivity index (χ1) is 12.5. The van der Waals surface area contributed by atoms with E-state index in [1.54, 1.807) is 30.2 Å². The molecular formula is C18H25N3O5. The second-order valence-corrected chi connectivity index (χ2v) is 6.67. The van der Waals surface area contributed by atoms with Crippen molar-refractivity contribution in [3.63, 3.8) is 0 Å². The number of β-amino-alcohol motifs (C(OH)–C–C–N with tert-alkyl or cyclic N) is 1. The molecule has 2 amide bonds. The Hall–Kier alpha value is -2.32. The lowest BCUT2D eigenvalue weighted by atomic mass is 10.0. The number of aliphatic hydroxyl groups is 1. The van der Waals surface area contributed by atoms with Gasteiger partial charge < -0.3 is 30.1 Å². The van der Waals surface area contributed by atoms with Crippen LogP contribution < -0.4 is 25.0 Å². The third kappa shape index (κ3) is 3.76. The van der Waals surface area contributed by atoms with Gasteiger partial charge in [-0.2, -0.15) is 0 Å². The van der Waals surface area contributed by atoms with Crippen LogP contribution in [-0.4, -0.2) is 63.4 Å². The number of carbonyl (C=O) groups is 2. The molecule has 2 aliphatic heterocycles. The fourth-order valence-electron chi connectivity index (χ4n) is 3.43. The highest BCUT2D eigenvalue weighted by Gasteiger charge is 2.37. The standard InChI is InChI=1S/C18H25N3O5/c1-25-13-3-4-14(16(6-13)26-2)21-10-11(5-17(21)23)18(24)20-8-12-7-19-9-15(12)22/h3-4,6,11-12,15,19,22H,5,7-10H2,1-2H3,(H,20,24). The first-order valence-corrected chi connectivity index (χ1v) is 8.72. The molecule has 3 atom stereocenters. The smallest absolute Gasteiger partial charge is 0.227 e. The Morgan fingerprint density at radius 2 is 2.15 bits per heavy atom. The summed E-state index contributed by atoms with van der Waals surface area (Å²) in [6, 6.07) is 5.23. The number of nitrogens with zero attached hydrogens (tertiary/aromatic N) is 1. The van der Waals surface area contributed by atoms with Crippen molar-refractivity contribution in [1.29, 1.82) is 0 Å². The summed E-state index contributed by atoms with van der Waals surface area (Å²) in [7, 11) is 3.09. The van der Waals surface area contributed by atoms with E-state index in [-0.39, 0.29) is 24.2 Å². The van der Waals surface area contributed by atoms with Crippen molar-refractivity contribution in [3.05, 3.63) is 18.2 Å². The minimum absolute atomic E-state index is 0.00819. The molecule has 0 radical (unpaired) electrons. The summed E-state index contributed by atoms with van der Waals surface area (Å²) < 4.78 is 10.5. The quantitative estimate of drug-likeness (QED) is 0.645. The van der Waals surface area contributed by atoms with Gasteiger partial charge in [-0.15, -0.1) is 0 Å². The number of hydrogen-bond donors (Lipinski definition) is 3. The van der Waals surface area contributed by atoms with Gasteiger partial charge in [-0.05, 0) is 12.1 Å². The average Bonchev–Trinajstić information content (AvgIpc) is 3.24. The Balaban J connectivity index is 1.64. The Morgan fingerprint density at radius 3 is 2.81 bits per heavy atom. The third-order valence-corrected chi connectivity index (χ3v) is 5.02. The number of carbonyl (C=O) groups excluding carboxylic acids is 2. The van der Waals surface area contributed by atoms with E-state index in [0.717, 1.165) is 0 Å². The van der Waals surface area contributed by atoms with Gasteiger partial charge in [0.1, 0.15) is 11.5 Å². The fourth-order valence-corrected chi connectivity index (χ4v) is 3.43. The Bertz CT molecular complexity index is 681. The molecule has 0 aromatic heterocycles. The van der Waals surface area contributed by atoms with Gasteiger partial charge in [0, 0.05) is 44.6 Å². The average molecular weight is 363 g/mol. The summed E-state index contributed by atoms with van der Waals surface area (Å²) in [5.41, 5.74) is 0.629. The summed E-state index contributed by atoms with van der Waals surface area (Å²) in [5.74, 6) is 0.479. The lowest BCUT2D eigenvalue weighted by Gasteiger charge is -2.20. The normalized spacial score (nSPS) is 25.4. The fraction of sp³-hybridized carbons (Fsp3) is 0.556. The molecule has 3 N–H and O–H groups in total. The molecular weight excluding hydrogens is 338 g/mol. The predicted octanol–water partition coefficient (Wildman–Crippen LogP) is -0.247. The molecule has 0 spiro atoms. The molecule has 0 aliphatic carbocycles. The van der Waals surface area contributed by atoms with E-state index in [4.69, 9.17) is 9.47 Å². The van der Waals surface area contributed by atoms with Crippen LogP contribution in [0.1, 0.15) is 6.42 Å². The number of aliphatic hydroxyl groups excluding tert-OH is 1. The first-order valence-electron chi connectivity index (χ1n) is 8.72. The van der Waals surface area contributed by atoms with E-state index < -0.39 is 12.0 Å². The molecule has 1 aromatic rings. The van der Waals surface area contributed by atoms with Gasteiger partial charge in [0.25, 0.3) is 0 Å². The molecule has 2 fully saturated rings. The van der Waals surface area contributed by atoms with Gasteiger partial charge in [0.15, 0.2) is 0 Å². The van der Waals surface area contributed by atoms with Crippen molar-refractivity contribution < 1.29 is 24.2 Å². The topological polar surface area (TPSA) is 100 Å². The highest BCUT2D eigenvalue weighted by molar-refractivity contribution is 6.01. The second kappa shape index (κ2) is 7.92. The van der Waals surface area contributed by atoms with E-state index >= 15 is 0 Å². The van der Waals surface area contributed by atoms with Crippen LogP contribution in [0.4, 0.5) is 5.69 Å². The van der Waals surface area contributed by atoms with E-state index in [0.29, 0.717) is 43.4 Å². The SMILES string of the molecule is COc1ccc(N2CC(C(=O)NCC3CNCC3O)CC2=O)c(OC)c1. The number of ether oxygens (including phenoxy) is 2. The zero-order chi connectivity index (χ0) is 18.7. The van der Waals surface area contributed by atoms with Crippen molar-refractivity contribution in [3.8, 4) is 11.5 Å². The Labute approximate surface area is 152 Å². The van der Waals surface area contributed by atoms with Crippen molar-refractivity contribution >= 4 is 17.5 Å². The highest BCUT2D eigenvalue weighted by atomic mass is 16.5. The molecule has 2 aliphatic rings. The van der Waals surface area contributed by atoms with Crippen LogP contribution in [0.3, 0.4) is 0 Å². The molecule has 142 valence electrons. The Morgan fingerprint density at radius 1 is 1.35 bits per heavy atom. The largest absolute Gasteiger partial charge is 0.497 e. The van der Waals surface area contributed by atoms with Crippen molar-refractivity contribution in [2.24, 2.45) is 11.8 Å². The van der Waals surface area contributed by atoms with Crippen LogP contribution >= 0.6 is 0 Å². The molecule has 3 unspecified atom stereocenters. The third-order valence-electron chi connectivity index (χ3n) is 5.02. The number of anilines is 1. The summed E-state index contributed by atoms with van der Waals surface area (Å²) in [5, 5.41) is 15.8. The van der Waals surface area contributed by atoms with Crippen molar-refractivity contribution in [1.82, 2.24) is 10.6 Å². The van der Waals surface area contributed by atoms with Gasteiger partial charge in [-0.3, -0.25) is 9.59 Å². The molecule has 0 bridgehead atoms. The lowest BCUT2D eigenvalue weighted by Crippen LogP contribution is -2.38. The molecule has 2 heterocycles. The highest BCUT2D eigenvalue weighted by Crippen LogP contribution is 2.35. The molecule has 1 aromatic carbocycles. The maximum Gasteiger partial charge on any atom is 0.227 e. The number of hydrogen-bond acceptors (Lipinski definition) is 6. The van der Waals surface area contributed by atoms with Crippen molar-refractivity contribution in [2.45, 2.75) is 12.5 Å². The zero-order valence-electron chi connectivity index (χ0n) is 15.0. The molecule has 2 saturated heterocycles. The van der Waals surface area contributed by atoms with Crippen LogP contribution in [0.25, 0.3) is 0 Å². The zero-order valence-corrected chi connectivity index (χ0v) is 15.0. The maximum atomic E-state index is 12.4. The summed E-state index contributed by atoms with van der Waals surface area (Å²) in [6.45, 7) is 1.94. The van der Waals surface area contributed by atoms with Gasteiger partial charge in [-0.1, -0.05) is 0 Å². The molecule has 3 rings (SSSR count). The summed E-state index contributed by atoms with van der Waals surface area (Å²) in [6.07, 6.45) is -0.285. The monoisotopic (exact) mass is 363 g/mol. The summed E-state index contributed by atoms with van der Waals surface area (Å²) >= 11 is 0. The molecule has 0 saturated carbocycles. The number of benzene rings is 1. The van der Waals surface area contributed by atoms with Gasteiger partial charge in [0.2, 0.25) is 11.8 Å². The number of rotatable bonds is 6. The van der Waals surface area contributed by atoms with Crippen LogP contribution in [0, 0.1) is 11.8 Å². The second-order valence-electron chi connectivity index (χ2n) is 6.67. The van der Waals surface area contributed by atoms with E-state index in [1.165, 1.54) is 7.11 Å². The van der Waals surface area contributed by atoms with Crippen LogP contribution in [0.15, 0.2) is 18.2 Å². The minimum Gasteiger partial charge on any atom is -0.497 e. The Kier molecular flexibility index (Phi) is 5.63. The van der Waals surface area contributed by atoms with Crippen LogP contribution in [0.5, 0.6) is 11.5 Å². The number of methoxy groups -OCH3 is 2. The molecule has 8 nitrogen and oxygen atoms in total. The minimum atomic E-state index is -0.444. The van der Waals surface area contributed by atoms with Gasteiger partial charge in [-0.25, -0.2) is 0 Å². The van der Waals surface area contributed by atoms with E-state index in [1.807, 2.05) is 0 Å². The van der Waals surface area contributed by atoms with Crippen molar-refractivity contribution in [2.75, 3.05) is 45.3 Å². The summed E-state index contributed by atoms with van der Waals surface area (Å²) in [4.78, 5) is 26.5.